The van der Waals surface area contributed by atoms with Crippen molar-refractivity contribution in [2.75, 3.05) is 39.8 Å². The Balaban J connectivity index is 0.00000208. The Hall–Kier alpha value is -1.79. The van der Waals surface area contributed by atoms with Gasteiger partial charge in [-0.15, -0.1) is 12.4 Å². The SMILES string of the molecule is COc1ccc(C(=O)N2CCN(C(=O)C3CCCN3)CC2)cc1.Cl. The van der Waals surface area contributed by atoms with E-state index < -0.39 is 0 Å². The van der Waals surface area contributed by atoms with Crippen molar-refractivity contribution in [3.05, 3.63) is 29.8 Å². The van der Waals surface area contributed by atoms with Crippen molar-refractivity contribution in [1.82, 2.24) is 15.1 Å². The Labute approximate surface area is 148 Å². The summed E-state index contributed by atoms with van der Waals surface area (Å²) in [7, 11) is 1.60. The lowest BCUT2D eigenvalue weighted by Crippen LogP contribution is -2.54. The van der Waals surface area contributed by atoms with Gasteiger partial charge in [-0.2, -0.15) is 0 Å². The van der Waals surface area contributed by atoms with Crippen molar-refractivity contribution in [2.45, 2.75) is 18.9 Å². The molecule has 2 fully saturated rings. The second-order valence-corrected chi connectivity index (χ2v) is 5.99. The molecule has 1 N–H and O–H groups in total. The average molecular weight is 354 g/mol. The molecule has 2 aliphatic rings. The van der Waals surface area contributed by atoms with Gasteiger partial charge in [0.15, 0.2) is 0 Å². The standard InChI is InChI=1S/C17H23N3O3.ClH/c1-23-14-6-4-13(5-7-14)16(21)19-9-11-20(12-10-19)17(22)15-3-2-8-18-15;/h4-7,15,18H,2-3,8-12H2,1H3;1H. The van der Waals surface area contributed by atoms with E-state index in [0.717, 1.165) is 25.1 Å². The molecule has 0 aliphatic carbocycles. The van der Waals surface area contributed by atoms with Gasteiger partial charge in [-0.3, -0.25) is 9.59 Å². The number of piperazine rings is 1. The van der Waals surface area contributed by atoms with E-state index in [1.165, 1.54) is 0 Å². The molecule has 24 heavy (non-hydrogen) atoms. The number of rotatable bonds is 3. The molecule has 0 aromatic heterocycles. The summed E-state index contributed by atoms with van der Waals surface area (Å²) in [5, 5.41) is 3.24. The molecule has 0 radical (unpaired) electrons. The van der Waals surface area contributed by atoms with Crippen molar-refractivity contribution in [3.8, 4) is 5.75 Å². The number of ether oxygens (including phenoxy) is 1. The average Bonchev–Trinajstić information content (AvgIpc) is 3.15. The third kappa shape index (κ3) is 3.99. The number of hydrogen-bond donors (Lipinski definition) is 1. The highest BCUT2D eigenvalue weighted by Crippen LogP contribution is 2.15. The molecule has 6 nitrogen and oxygen atoms in total. The number of benzene rings is 1. The Bertz CT molecular complexity index is 565. The van der Waals surface area contributed by atoms with Crippen molar-refractivity contribution < 1.29 is 14.3 Å². The zero-order valence-electron chi connectivity index (χ0n) is 13.9. The molecule has 3 rings (SSSR count). The molecule has 2 saturated heterocycles. The highest BCUT2D eigenvalue weighted by Gasteiger charge is 2.30. The zero-order chi connectivity index (χ0) is 16.2. The van der Waals surface area contributed by atoms with Crippen molar-refractivity contribution in [2.24, 2.45) is 0 Å². The lowest BCUT2D eigenvalue weighted by atomic mass is 10.1. The fourth-order valence-electron chi connectivity index (χ4n) is 3.16. The summed E-state index contributed by atoms with van der Waals surface area (Å²) in [6.45, 7) is 3.32. The molecular formula is C17H24ClN3O3. The van der Waals surface area contributed by atoms with Gasteiger partial charge in [0.05, 0.1) is 13.2 Å². The molecule has 1 aromatic carbocycles. The van der Waals surface area contributed by atoms with Crippen molar-refractivity contribution in [1.29, 1.82) is 0 Å². The van der Waals surface area contributed by atoms with Crippen LogP contribution in [0.25, 0.3) is 0 Å². The number of nitrogens with one attached hydrogen (secondary N) is 1. The highest BCUT2D eigenvalue weighted by atomic mass is 35.5. The lowest BCUT2D eigenvalue weighted by Gasteiger charge is -2.36. The van der Waals surface area contributed by atoms with E-state index >= 15 is 0 Å². The van der Waals surface area contributed by atoms with Crippen molar-refractivity contribution in [3.63, 3.8) is 0 Å². The number of carbonyl (C=O) groups excluding carboxylic acids is 2. The maximum absolute atomic E-state index is 12.5. The number of halogens is 1. The van der Waals surface area contributed by atoms with Crippen LogP contribution in [-0.4, -0.2) is 67.5 Å². The van der Waals surface area contributed by atoms with Crippen LogP contribution in [0.5, 0.6) is 5.75 Å². The largest absolute Gasteiger partial charge is 0.497 e. The van der Waals surface area contributed by atoms with Gasteiger partial charge in [0.1, 0.15) is 5.75 Å². The first-order chi connectivity index (χ1) is 11.2. The second-order valence-electron chi connectivity index (χ2n) is 5.99. The summed E-state index contributed by atoms with van der Waals surface area (Å²) >= 11 is 0. The topological polar surface area (TPSA) is 61.9 Å². The Morgan fingerprint density at radius 1 is 1.08 bits per heavy atom. The first-order valence-electron chi connectivity index (χ1n) is 8.14. The summed E-state index contributed by atoms with van der Waals surface area (Å²) < 4.78 is 5.11. The summed E-state index contributed by atoms with van der Waals surface area (Å²) in [6.07, 6.45) is 1.98. The number of hydrogen-bond acceptors (Lipinski definition) is 4. The van der Waals surface area contributed by atoms with Gasteiger partial charge in [-0.25, -0.2) is 0 Å². The van der Waals surface area contributed by atoms with Gasteiger partial charge in [-0.05, 0) is 43.7 Å². The fourth-order valence-corrected chi connectivity index (χ4v) is 3.16. The molecule has 1 aromatic rings. The molecule has 2 heterocycles. The van der Waals surface area contributed by atoms with Crippen LogP contribution in [0.3, 0.4) is 0 Å². The Morgan fingerprint density at radius 3 is 2.25 bits per heavy atom. The predicted molar refractivity (Wildman–Crippen MR) is 93.8 cm³/mol. The minimum absolute atomic E-state index is 0. The van der Waals surface area contributed by atoms with Gasteiger partial charge in [-0.1, -0.05) is 0 Å². The quantitative estimate of drug-likeness (QED) is 0.885. The van der Waals surface area contributed by atoms with E-state index in [4.69, 9.17) is 4.74 Å². The van der Waals surface area contributed by atoms with E-state index in [9.17, 15) is 9.59 Å². The molecule has 7 heteroatoms. The maximum atomic E-state index is 12.5. The van der Waals surface area contributed by atoms with Crippen LogP contribution >= 0.6 is 12.4 Å². The van der Waals surface area contributed by atoms with Gasteiger partial charge in [0, 0.05) is 31.7 Å². The molecule has 2 amide bonds. The van der Waals surface area contributed by atoms with Crippen LogP contribution in [0.1, 0.15) is 23.2 Å². The third-order valence-electron chi connectivity index (χ3n) is 4.57. The molecule has 1 unspecified atom stereocenters. The normalized spacial score (nSPS) is 20.5. The molecular weight excluding hydrogens is 330 g/mol. The number of amides is 2. The summed E-state index contributed by atoms with van der Waals surface area (Å²) in [5.41, 5.74) is 0.656. The number of carbonyl (C=O) groups is 2. The third-order valence-corrected chi connectivity index (χ3v) is 4.57. The maximum Gasteiger partial charge on any atom is 0.253 e. The Kier molecular flexibility index (Phi) is 6.45. The number of nitrogens with zero attached hydrogens (tertiary/aromatic N) is 2. The first kappa shape index (κ1) is 18.5. The van der Waals surface area contributed by atoms with Gasteiger partial charge in [0.25, 0.3) is 5.91 Å². The molecule has 0 bridgehead atoms. The van der Waals surface area contributed by atoms with Crippen LogP contribution in [0.15, 0.2) is 24.3 Å². The molecule has 0 spiro atoms. The summed E-state index contributed by atoms with van der Waals surface area (Å²) in [5.74, 6) is 0.929. The predicted octanol–water partition coefficient (Wildman–Crippen LogP) is 1.15. The van der Waals surface area contributed by atoms with E-state index in [-0.39, 0.29) is 30.3 Å². The van der Waals surface area contributed by atoms with Crippen LogP contribution in [0.2, 0.25) is 0 Å². The fraction of sp³-hybridized carbons (Fsp3) is 0.529. The minimum Gasteiger partial charge on any atom is -0.497 e. The lowest BCUT2D eigenvalue weighted by molar-refractivity contribution is -0.134. The minimum atomic E-state index is -0.0289. The zero-order valence-corrected chi connectivity index (χ0v) is 14.7. The molecule has 0 saturated carbocycles. The monoisotopic (exact) mass is 353 g/mol. The van der Waals surface area contributed by atoms with Crippen LogP contribution < -0.4 is 10.1 Å². The highest BCUT2D eigenvalue weighted by molar-refractivity contribution is 5.94. The number of methoxy groups -OCH3 is 1. The van der Waals surface area contributed by atoms with Crippen LogP contribution in [0, 0.1) is 0 Å². The molecule has 1 atom stereocenters. The smallest absolute Gasteiger partial charge is 0.253 e. The van der Waals surface area contributed by atoms with Gasteiger partial charge in [0.2, 0.25) is 5.91 Å². The summed E-state index contributed by atoms with van der Waals surface area (Å²) in [4.78, 5) is 28.6. The first-order valence-corrected chi connectivity index (χ1v) is 8.14. The van der Waals surface area contributed by atoms with Crippen molar-refractivity contribution >= 4 is 24.2 Å². The summed E-state index contributed by atoms with van der Waals surface area (Å²) in [6, 6.07) is 7.11. The van der Waals surface area contributed by atoms with E-state index in [1.54, 1.807) is 31.4 Å². The molecule has 132 valence electrons. The second kappa shape index (κ2) is 8.35. The molecule has 2 aliphatic heterocycles. The van der Waals surface area contributed by atoms with Gasteiger partial charge < -0.3 is 19.9 Å². The van der Waals surface area contributed by atoms with E-state index in [1.807, 2.05) is 9.80 Å². The van der Waals surface area contributed by atoms with E-state index in [2.05, 4.69) is 5.32 Å². The van der Waals surface area contributed by atoms with E-state index in [0.29, 0.717) is 31.7 Å². The Morgan fingerprint density at radius 2 is 1.71 bits per heavy atom. The van der Waals surface area contributed by atoms with Gasteiger partial charge >= 0.3 is 0 Å². The van der Waals surface area contributed by atoms with Crippen LogP contribution in [-0.2, 0) is 4.79 Å². The van der Waals surface area contributed by atoms with Crippen LogP contribution in [0.4, 0.5) is 0 Å².